The molecule has 0 spiro atoms. The maximum atomic E-state index is 6.52. The van der Waals surface area contributed by atoms with E-state index in [1.165, 1.54) is 158 Å². The zero-order chi connectivity index (χ0) is 78.0. The molecule has 2 aliphatic carbocycles. The van der Waals surface area contributed by atoms with Gasteiger partial charge in [-0.15, -0.1) is 0 Å². The maximum Gasteiger partial charge on any atom is 0.494 e. The van der Waals surface area contributed by atoms with E-state index in [-0.39, 0.29) is 18.3 Å². The third-order valence-electron chi connectivity index (χ3n) is 26.4. The molecular weight excluding hydrogens is 1450 g/mol. The first-order valence-electron chi connectivity index (χ1n) is 40.3. The number of aromatic amines is 2. The van der Waals surface area contributed by atoms with E-state index in [4.69, 9.17) is 25.9 Å². The van der Waals surface area contributed by atoms with Gasteiger partial charge in [-0.1, -0.05) is 235 Å². The van der Waals surface area contributed by atoms with Gasteiger partial charge in [0.2, 0.25) is 0 Å². The topological polar surface area (TPSA) is 85.7 Å². The minimum atomic E-state index is -0.420. The van der Waals surface area contributed by atoms with Gasteiger partial charge in [-0.2, -0.15) is 0 Å². The SMILES string of the molecule is C.CC1(C)c2cc3c4ccccc4c4ccccc4c3cc2-c2cc3c(cc21)c1cc(-c2cnc4[nH]c5ccccc5c4c2)ccc1n3-c1ccccc1.CC1(C)c2cc3c4ccccc4c4ccccc4c3cc2-c2cc3c(cc21)c1cc(B2OC(C)(C)C(C)(C)O2)ccc1n3-c1ccccc1.Clc1cnc2[nH]c3ccccc3c2c1. The molecule has 0 saturated carbocycles. The molecule has 22 aromatic rings. The lowest BCUT2D eigenvalue weighted by molar-refractivity contribution is 0.00578. The van der Waals surface area contributed by atoms with Gasteiger partial charge >= 0.3 is 7.12 Å². The molecule has 1 aliphatic heterocycles. The van der Waals surface area contributed by atoms with E-state index in [0.29, 0.717) is 5.02 Å². The predicted octanol–water partition coefficient (Wildman–Crippen LogP) is 28.1. The summed E-state index contributed by atoms with van der Waals surface area (Å²) < 4.78 is 17.9. The lowest BCUT2D eigenvalue weighted by Gasteiger charge is -2.32. The van der Waals surface area contributed by atoms with Gasteiger partial charge in [0.15, 0.2) is 0 Å². The van der Waals surface area contributed by atoms with Crippen molar-refractivity contribution in [3.05, 3.63) is 343 Å². The highest BCUT2D eigenvalue weighted by Crippen LogP contribution is 2.56. The summed E-state index contributed by atoms with van der Waals surface area (Å²) in [7, 11) is -0.420. The van der Waals surface area contributed by atoms with Crippen LogP contribution in [-0.2, 0) is 20.1 Å². The van der Waals surface area contributed by atoms with Crippen LogP contribution in [0.1, 0.15) is 85.1 Å². The molecule has 0 amide bonds. The van der Waals surface area contributed by atoms with Crippen molar-refractivity contribution in [3.63, 3.8) is 0 Å². The molecule has 10 heteroatoms. The molecule has 0 atom stereocenters. The van der Waals surface area contributed by atoms with Gasteiger partial charge in [0.25, 0.3) is 0 Å². The summed E-state index contributed by atoms with van der Waals surface area (Å²) in [5.74, 6) is 0. The highest BCUT2D eigenvalue weighted by molar-refractivity contribution is 6.62. The first kappa shape index (κ1) is 70.5. The van der Waals surface area contributed by atoms with Crippen LogP contribution in [0.5, 0.6) is 0 Å². The second kappa shape index (κ2) is 25.7. The molecule has 1 fully saturated rings. The maximum absolute atomic E-state index is 6.52. The zero-order valence-corrected chi connectivity index (χ0v) is 66.3. The molecule has 8 nitrogen and oxygen atoms in total. The van der Waals surface area contributed by atoms with Gasteiger partial charge in [-0.25, -0.2) is 9.97 Å². The first-order valence-corrected chi connectivity index (χ1v) is 40.7. The number of rotatable bonds is 4. The van der Waals surface area contributed by atoms with Crippen LogP contribution in [0.2, 0.25) is 5.02 Å². The lowest BCUT2D eigenvalue weighted by Crippen LogP contribution is -2.41. The molecule has 0 bridgehead atoms. The molecule has 2 N–H and O–H groups in total. The summed E-state index contributed by atoms with van der Waals surface area (Å²) in [6, 6.07) is 111. The Morgan fingerprint density at radius 3 is 1.07 bits per heavy atom. The number of para-hydroxylation sites is 4. The Bertz CT molecular complexity index is 7990. The Hall–Kier alpha value is -13.1. The van der Waals surface area contributed by atoms with Crippen molar-refractivity contribution in [2.45, 2.75) is 84.8 Å². The zero-order valence-electron chi connectivity index (χ0n) is 65.6. The van der Waals surface area contributed by atoms with E-state index in [0.717, 1.165) is 66.5 Å². The Balaban J connectivity index is 0.000000120. The average Bonchev–Trinajstić information content (AvgIpc) is 1.55. The van der Waals surface area contributed by atoms with Crippen molar-refractivity contribution in [3.8, 4) is 44.8 Å². The normalized spacial score (nSPS) is 14.8. The van der Waals surface area contributed by atoms with Gasteiger partial charge in [-0.3, -0.25) is 0 Å². The largest absolute Gasteiger partial charge is 0.494 e. The van der Waals surface area contributed by atoms with Gasteiger partial charge in [0.05, 0.1) is 38.3 Å². The predicted molar refractivity (Wildman–Crippen MR) is 495 cm³/mol. The molecule has 25 rings (SSSR count). The number of H-pyrrole nitrogens is 2. The minimum Gasteiger partial charge on any atom is -0.399 e. The number of hydrogen-bond donors (Lipinski definition) is 2. The summed E-state index contributed by atoms with van der Waals surface area (Å²) >= 11 is 5.90. The second-order valence-corrected chi connectivity index (χ2v) is 34.5. The van der Waals surface area contributed by atoms with E-state index < -0.39 is 18.3 Å². The molecule has 0 radical (unpaired) electrons. The van der Waals surface area contributed by atoms with E-state index in [1.807, 2.05) is 30.5 Å². The number of halogens is 1. The van der Waals surface area contributed by atoms with E-state index in [9.17, 15) is 0 Å². The van der Waals surface area contributed by atoms with Crippen molar-refractivity contribution in [2.75, 3.05) is 0 Å². The molecule has 6 aromatic heterocycles. The number of hydrogen-bond acceptors (Lipinski definition) is 4. The first-order chi connectivity index (χ1) is 56.4. The molecule has 117 heavy (non-hydrogen) atoms. The van der Waals surface area contributed by atoms with Crippen LogP contribution in [0, 0.1) is 0 Å². The number of fused-ring (bicyclic) bond motifs is 30. The minimum absolute atomic E-state index is 0. The molecule has 7 heterocycles. The smallest absolute Gasteiger partial charge is 0.399 e. The molecule has 1 saturated heterocycles. The lowest BCUT2D eigenvalue weighted by atomic mass is 9.78. The summed E-state index contributed by atoms with van der Waals surface area (Å²) in [5, 5.41) is 26.0. The van der Waals surface area contributed by atoms with Crippen molar-refractivity contribution in [2.24, 2.45) is 0 Å². The van der Waals surface area contributed by atoms with Gasteiger partial charge in [0.1, 0.15) is 11.3 Å². The fraction of sp³-hybridized carbons (Fsp3) is 0.121. The average molecular weight is 1530 g/mol. The van der Waals surface area contributed by atoms with Crippen LogP contribution in [0.25, 0.3) is 197 Å². The molecule has 3 aliphatic rings. The third-order valence-corrected chi connectivity index (χ3v) is 26.6. The number of benzene rings is 16. The molecule has 562 valence electrons. The second-order valence-electron chi connectivity index (χ2n) is 34.1. The van der Waals surface area contributed by atoms with Crippen LogP contribution in [0.3, 0.4) is 0 Å². The van der Waals surface area contributed by atoms with Crippen molar-refractivity contribution >= 4 is 176 Å². The highest BCUT2D eigenvalue weighted by atomic mass is 35.5. The van der Waals surface area contributed by atoms with Crippen molar-refractivity contribution in [1.29, 1.82) is 0 Å². The third kappa shape index (κ3) is 10.5. The van der Waals surface area contributed by atoms with Gasteiger partial charge in [0, 0.05) is 94.3 Å². The Labute approximate surface area is 682 Å². The van der Waals surface area contributed by atoms with E-state index in [1.54, 1.807) is 6.20 Å². The molecular formula is C107H82BClN6O2. The summed E-state index contributed by atoms with van der Waals surface area (Å²) in [6.07, 6.45) is 3.66. The molecule has 16 aromatic carbocycles. The Kier molecular flexibility index (Phi) is 15.5. The summed E-state index contributed by atoms with van der Waals surface area (Å²) in [5.41, 5.74) is 24.1. The Morgan fingerprint density at radius 2 is 0.624 bits per heavy atom. The van der Waals surface area contributed by atoms with Gasteiger partial charge < -0.3 is 28.4 Å². The van der Waals surface area contributed by atoms with Crippen molar-refractivity contribution in [1.82, 2.24) is 29.1 Å². The van der Waals surface area contributed by atoms with Crippen LogP contribution in [-0.4, -0.2) is 47.4 Å². The van der Waals surface area contributed by atoms with E-state index >= 15 is 0 Å². The quantitative estimate of drug-likeness (QED) is 0.136. The standard InChI is InChI=1S/C50H33N3.C45H38BNO2.C11H7ClN2.CH4/c1-50(2)44-25-38-35-17-9-7-15-33(35)32-14-6-8-16-34(32)37(38)24-39(44)40-27-48-42(26-45(40)50)41-22-29(20-21-47(41)53(48)31-12-4-3-5-13-31)30-23-43-36-18-10-11-19-46(36)52-49(43)51-28-30;1-43(2)39-24-34-32-19-13-11-17-30(32)29-16-10-12-18-31(29)33(34)23-35(39)36-26-42-38(25-40(36)43)37-22-27(46-48-44(3,4)45(5,6)49-46)20-21-41(37)47(42)28-14-8-7-9-15-28;12-7-5-9-8-3-1-2-4-10(8)14-11(9)13-6-7;/h3-28H,1-2H3,(H,51,52);7-26H,1-6H3;1-6H,(H,13,14);1H4. The fourth-order valence-corrected chi connectivity index (χ4v) is 20.1. The van der Waals surface area contributed by atoms with Crippen LogP contribution < -0.4 is 5.46 Å². The van der Waals surface area contributed by atoms with Crippen LogP contribution in [0.4, 0.5) is 0 Å². The number of nitrogens with zero attached hydrogens (tertiary/aromatic N) is 4. The monoisotopic (exact) mass is 1530 g/mol. The van der Waals surface area contributed by atoms with Gasteiger partial charge in [-0.05, 0) is 263 Å². The Morgan fingerprint density at radius 1 is 0.291 bits per heavy atom. The molecule has 0 unspecified atom stereocenters. The number of pyridine rings is 2. The number of nitrogens with one attached hydrogen (secondary N) is 2. The van der Waals surface area contributed by atoms with E-state index in [2.05, 4.69) is 359 Å². The highest BCUT2D eigenvalue weighted by Gasteiger charge is 2.52. The summed E-state index contributed by atoms with van der Waals surface area (Å²) in [4.78, 5) is 15.8. The fourth-order valence-electron chi connectivity index (χ4n) is 19.9. The van der Waals surface area contributed by atoms with Crippen LogP contribution >= 0.6 is 11.6 Å². The summed E-state index contributed by atoms with van der Waals surface area (Å²) in [6.45, 7) is 18.1. The number of aromatic nitrogens is 6. The van der Waals surface area contributed by atoms with Crippen LogP contribution in [0.15, 0.2) is 316 Å². The van der Waals surface area contributed by atoms with Crippen molar-refractivity contribution < 1.29 is 9.31 Å².